The number of nitrogens with one attached hydrogen (secondary N) is 1. The van der Waals surface area contributed by atoms with Crippen LogP contribution in [0.4, 0.5) is 0 Å². The van der Waals surface area contributed by atoms with Crippen molar-refractivity contribution >= 4 is 0 Å². The van der Waals surface area contributed by atoms with Crippen LogP contribution in [0.3, 0.4) is 0 Å². The van der Waals surface area contributed by atoms with Crippen molar-refractivity contribution in [2.24, 2.45) is 5.92 Å². The van der Waals surface area contributed by atoms with E-state index in [1.54, 1.807) is 0 Å². The van der Waals surface area contributed by atoms with E-state index in [0.717, 1.165) is 25.6 Å². The van der Waals surface area contributed by atoms with Gasteiger partial charge < -0.3 is 5.32 Å². The molecule has 1 N–H and O–H groups in total. The Morgan fingerprint density at radius 1 is 1.24 bits per heavy atom. The lowest BCUT2D eigenvalue weighted by atomic mass is 9.97. The van der Waals surface area contributed by atoms with Gasteiger partial charge in [-0.1, -0.05) is 26.7 Å². The molecule has 0 amide bonds. The molecule has 1 aliphatic carbocycles. The average Bonchev–Trinajstić information content (AvgIpc) is 3.05. The van der Waals surface area contributed by atoms with Gasteiger partial charge in [0.15, 0.2) is 0 Å². The largest absolute Gasteiger partial charge is 0.312 e. The van der Waals surface area contributed by atoms with Crippen molar-refractivity contribution in [2.45, 2.75) is 58.5 Å². The highest BCUT2D eigenvalue weighted by Gasteiger charge is 2.25. The smallest absolute Gasteiger partial charge is 0.0271 e. The van der Waals surface area contributed by atoms with E-state index >= 15 is 0 Å². The maximum absolute atomic E-state index is 4.11. The summed E-state index contributed by atoms with van der Waals surface area (Å²) >= 11 is 0. The van der Waals surface area contributed by atoms with E-state index in [9.17, 15) is 0 Å². The highest BCUT2D eigenvalue weighted by Crippen LogP contribution is 2.28. The molecule has 0 spiro atoms. The van der Waals surface area contributed by atoms with Crippen molar-refractivity contribution in [3.63, 3.8) is 0 Å². The minimum atomic E-state index is 0.661. The molecule has 118 valence electrons. The van der Waals surface area contributed by atoms with Gasteiger partial charge in [0, 0.05) is 31.5 Å². The van der Waals surface area contributed by atoms with Crippen molar-refractivity contribution < 1.29 is 0 Å². The molecule has 1 fully saturated rings. The fraction of sp³-hybridized carbons (Fsp3) is 0.722. The Balaban J connectivity index is 1.92. The normalized spacial score (nSPS) is 17.5. The summed E-state index contributed by atoms with van der Waals surface area (Å²) in [6.07, 6.45) is 10.7. The van der Waals surface area contributed by atoms with Crippen LogP contribution in [-0.2, 0) is 6.54 Å². The minimum Gasteiger partial charge on any atom is -0.312 e. The predicted molar refractivity (Wildman–Crippen MR) is 89.2 cm³/mol. The fourth-order valence-electron chi connectivity index (χ4n) is 3.40. The van der Waals surface area contributed by atoms with Gasteiger partial charge in [-0.25, -0.2) is 0 Å². The SMILES string of the molecule is CCCNC(CN(CC)Cc1ccncc1)C1CCCC1. The second-order valence-corrected chi connectivity index (χ2v) is 6.29. The molecule has 1 aromatic heterocycles. The van der Waals surface area contributed by atoms with Gasteiger partial charge in [-0.3, -0.25) is 9.88 Å². The highest BCUT2D eigenvalue weighted by atomic mass is 15.1. The summed E-state index contributed by atoms with van der Waals surface area (Å²) in [4.78, 5) is 6.68. The fourth-order valence-corrected chi connectivity index (χ4v) is 3.40. The van der Waals surface area contributed by atoms with Gasteiger partial charge in [-0.05, 0) is 56.0 Å². The van der Waals surface area contributed by atoms with Crippen LogP contribution >= 0.6 is 0 Å². The van der Waals surface area contributed by atoms with Gasteiger partial charge in [0.05, 0.1) is 0 Å². The van der Waals surface area contributed by atoms with Gasteiger partial charge in [-0.15, -0.1) is 0 Å². The van der Waals surface area contributed by atoms with Crippen molar-refractivity contribution in [2.75, 3.05) is 19.6 Å². The lowest BCUT2D eigenvalue weighted by molar-refractivity contribution is 0.209. The van der Waals surface area contributed by atoms with E-state index in [1.165, 1.54) is 44.2 Å². The number of rotatable bonds is 9. The van der Waals surface area contributed by atoms with Gasteiger partial charge in [-0.2, -0.15) is 0 Å². The molecular weight excluding hydrogens is 258 g/mol. The number of nitrogens with zero attached hydrogens (tertiary/aromatic N) is 2. The Hall–Kier alpha value is -0.930. The van der Waals surface area contributed by atoms with Crippen LogP contribution in [0.5, 0.6) is 0 Å². The molecule has 1 atom stereocenters. The van der Waals surface area contributed by atoms with Crippen molar-refractivity contribution in [3.8, 4) is 0 Å². The monoisotopic (exact) mass is 289 g/mol. The van der Waals surface area contributed by atoms with Crippen LogP contribution in [0, 0.1) is 5.92 Å². The summed E-state index contributed by atoms with van der Waals surface area (Å²) in [5.41, 5.74) is 1.37. The molecule has 1 saturated carbocycles. The molecule has 21 heavy (non-hydrogen) atoms. The van der Waals surface area contributed by atoms with Crippen LogP contribution in [-0.4, -0.2) is 35.6 Å². The molecule has 0 saturated heterocycles. The van der Waals surface area contributed by atoms with Gasteiger partial charge in [0.25, 0.3) is 0 Å². The minimum absolute atomic E-state index is 0.661. The zero-order valence-corrected chi connectivity index (χ0v) is 13.7. The number of pyridine rings is 1. The third kappa shape index (κ3) is 5.40. The maximum Gasteiger partial charge on any atom is 0.0271 e. The molecule has 0 aliphatic heterocycles. The summed E-state index contributed by atoms with van der Waals surface area (Å²) < 4.78 is 0. The lowest BCUT2D eigenvalue weighted by Crippen LogP contribution is -2.45. The molecule has 0 aromatic carbocycles. The van der Waals surface area contributed by atoms with Crippen molar-refractivity contribution in [3.05, 3.63) is 30.1 Å². The first kappa shape index (κ1) is 16.4. The number of likely N-dealkylation sites (N-methyl/N-ethyl adjacent to an activating group) is 1. The third-order valence-electron chi connectivity index (χ3n) is 4.68. The molecule has 1 aliphatic rings. The molecule has 1 unspecified atom stereocenters. The third-order valence-corrected chi connectivity index (χ3v) is 4.68. The molecule has 1 heterocycles. The van der Waals surface area contributed by atoms with E-state index in [1.807, 2.05) is 12.4 Å². The first-order chi connectivity index (χ1) is 10.3. The molecule has 0 radical (unpaired) electrons. The van der Waals surface area contributed by atoms with Crippen LogP contribution in [0.25, 0.3) is 0 Å². The number of hydrogen-bond donors (Lipinski definition) is 1. The maximum atomic E-state index is 4.11. The Kier molecular flexibility index (Phi) is 7.17. The van der Waals surface area contributed by atoms with Gasteiger partial charge >= 0.3 is 0 Å². The van der Waals surface area contributed by atoms with Crippen molar-refractivity contribution in [1.29, 1.82) is 0 Å². The quantitative estimate of drug-likeness (QED) is 0.754. The van der Waals surface area contributed by atoms with Gasteiger partial charge in [0.2, 0.25) is 0 Å². The van der Waals surface area contributed by atoms with E-state index < -0.39 is 0 Å². The van der Waals surface area contributed by atoms with E-state index in [2.05, 4.69) is 41.2 Å². The summed E-state index contributed by atoms with van der Waals surface area (Å²) in [6, 6.07) is 4.92. The predicted octanol–water partition coefficient (Wildman–Crippen LogP) is 3.46. The summed E-state index contributed by atoms with van der Waals surface area (Å²) in [7, 11) is 0. The summed E-state index contributed by atoms with van der Waals surface area (Å²) in [5.74, 6) is 0.878. The average molecular weight is 289 g/mol. The van der Waals surface area contributed by atoms with Crippen LogP contribution in [0.15, 0.2) is 24.5 Å². The van der Waals surface area contributed by atoms with Crippen molar-refractivity contribution in [1.82, 2.24) is 15.2 Å². The number of hydrogen-bond acceptors (Lipinski definition) is 3. The zero-order valence-electron chi connectivity index (χ0n) is 13.7. The lowest BCUT2D eigenvalue weighted by Gasteiger charge is -2.31. The second-order valence-electron chi connectivity index (χ2n) is 6.29. The molecule has 0 bridgehead atoms. The molecule has 1 aromatic rings. The van der Waals surface area contributed by atoms with E-state index in [-0.39, 0.29) is 0 Å². The van der Waals surface area contributed by atoms with Crippen LogP contribution < -0.4 is 5.32 Å². The summed E-state index contributed by atoms with van der Waals surface area (Å²) in [6.45, 7) is 8.99. The van der Waals surface area contributed by atoms with Crippen LogP contribution in [0.2, 0.25) is 0 Å². The molecule has 3 nitrogen and oxygen atoms in total. The first-order valence-corrected chi connectivity index (χ1v) is 8.68. The van der Waals surface area contributed by atoms with E-state index in [4.69, 9.17) is 0 Å². The van der Waals surface area contributed by atoms with Gasteiger partial charge in [0.1, 0.15) is 0 Å². The zero-order chi connectivity index (χ0) is 14.9. The Bertz CT molecular complexity index is 373. The molecule has 2 rings (SSSR count). The second kappa shape index (κ2) is 9.16. The van der Waals surface area contributed by atoms with E-state index in [0.29, 0.717) is 6.04 Å². The Labute approximate surface area is 130 Å². The molecular formula is C18H31N3. The first-order valence-electron chi connectivity index (χ1n) is 8.68. The van der Waals surface area contributed by atoms with Crippen LogP contribution in [0.1, 0.15) is 51.5 Å². The standard InChI is InChI=1S/C18H31N3/c1-3-11-20-18(17-7-5-6-8-17)15-21(4-2)14-16-9-12-19-13-10-16/h9-10,12-13,17-18,20H,3-8,11,14-15H2,1-2H3. The highest BCUT2D eigenvalue weighted by molar-refractivity contribution is 5.09. The Morgan fingerprint density at radius 3 is 2.57 bits per heavy atom. The number of aromatic nitrogens is 1. The Morgan fingerprint density at radius 2 is 1.95 bits per heavy atom. The summed E-state index contributed by atoms with van der Waals surface area (Å²) in [5, 5.41) is 3.81. The molecule has 3 heteroatoms. The topological polar surface area (TPSA) is 28.2 Å².